The number of nitrogens with zero attached hydrogens (tertiary/aromatic N) is 1. The highest BCUT2D eigenvalue weighted by Gasteiger charge is 2.40. The molecule has 7 heteroatoms. The van der Waals surface area contributed by atoms with Gasteiger partial charge in [0.15, 0.2) is 0 Å². The van der Waals surface area contributed by atoms with E-state index >= 15 is 0 Å². The molecule has 2 N–H and O–H groups in total. The van der Waals surface area contributed by atoms with Crippen molar-refractivity contribution in [1.29, 1.82) is 0 Å². The fourth-order valence-electron chi connectivity index (χ4n) is 3.66. The summed E-state index contributed by atoms with van der Waals surface area (Å²) < 4.78 is 13.7. The topological polar surface area (TPSA) is 78.5 Å². The van der Waals surface area contributed by atoms with E-state index in [0.717, 1.165) is 16.9 Å². The van der Waals surface area contributed by atoms with Crippen LogP contribution < -0.4 is 15.5 Å². The Hall–Kier alpha value is -4.26. The number of anilines is 3. The number of benzene rings is 3. The number of aryl methyl sites for hydroxylation is 1. The number of amides is 3. The van der Waals surface area contributed by atoms with E-state index in [1.54, 1.807) is 42.5 Å². The Balaban J connectivity index is 1.77. The Morgan fingerprint density at radius 3 is 2.21 bits per heavy atom. The molecular weight excluding hydrogens is 421 g/mol. The second kappa shape index (κ2) is 9.08. The summed E-state index contributed by atoms with van der Waals surface area (Å²) in [6.45, 7) is 3.42. The first-order chi connectivity index (χ1) is 15.9. The van der Waals surface area contributed by atoms with Crippen LogP contribution in [0.2, 0.25) is 0 Å². The third-order valence-electron chi connectivity index (χ3n) is 5.27. The van der Waals surface area contributed by atoms with Crippen molar-refractivity contribution in [2.45, 2.75) is 20.3 Å². The summed E-state index contributed by atoms with van der Waals surface area (Å²) in [6, 6.07) is 19.5. The number of halogens is 1. The van der Waals surface area contributed by atoms with Crippen molar-refractivity contribution in [1.82, 2.24) is 0 Å². The van der Waals surface area contributed by atoms with Crippen molar-refractivity contribution in [2.75, 3.05) is 15.5 Å². The number of rotatable bonds is 6. The van der Waals surface area contributed by atoms with E-state index in [1.165, 1.54) is 25.1 Å². The molecule has 4 rings (SSSR count). The van der Waals surface area contributed by atoms with E-state index in [-0.39, 0.29) is 17.2 Å². The van der Waals surface area contributed by atoms with Crippen molar-refractivity contribution >= 4 is 40.4 Å². The Kier molecular flexibility index (Phi) is 6.04. The van der Waals surface area contributed by atoms with E-state index in [9.17, 15) is 18.8 Å². The molecule has 3 aromatic carbocycles. The highest BCUT2D eigenvalue weighted by atomic mass is 19.1. The van der Waals surface area contributed by atoms with Crippen LogP contribution in [0, 0.1) is 5.82 Å². The average molecular weight is 443 g/mol. The van der Waals surface area contributed by atoms with E-state index in [1.807, 2.05) is 19.1 Å². The molecule has 1 heterocycles. The van der Waals surface area contributed by atoms with Crippen LogP contribution in [0.25, 0.3) is 5.57 Å². The molecule has 1 aliphatic rings. The fourth-order valence-corrected chi connectivity index (χ4v) is 3.66. The molecule has 6 nitrogen and oxygen atoms in total. The van der Waals surface area contributed by atoms with Crippen LogP contribution in [0.4, 0.5) is 21.5 Å². The minimum absolute atomic E-state index is 0.0532. The molecule has 0 saturated carbocycles. The van der Waals surface area contributed by atoms with Gasteiger partial charge in [0, 0.05) is 18.3 Å². The summed E-state index contributed by atoms with van der Waals surface area (Å²) in [6.07, 6.45) is 0.832. The van der Waals surface area contributed by atoms with Crippen LogP contribution >= 0.6 is 0 Å². The lowest BCUT2D eigenvalue weighted by atomic mass is 10.0. The van der Waals surface area contributed by atoms with Crippen molar-refractivity contribution in [3.8, 4) is 0 Å². The first-order valence-electron chi connectivity index (χ1n) is 10.5. The van der Waals surface area contributed by atoms with Gasteiger partial charge in [-0.2, -0.15) is 0 Å². The molecule has 0 aliphatic carbocycles. The monoisotopic (exact) mass is 443 g/mol. The molecule has 3 aromatic rings. The third kappa shape index (κ3) is 4.52. The van der Waals surface area contributed by atoms with Gasteiger partial charge in [-0.25, -0.2) is 9.29 Å². The average Bonchev–Trinajstić information content (AvgIpc) is 3.03. The lowest BCUT2D eigenvalue weighted by molar-refractivity contribution is -0.120. The molecule has 0 aromatic heterocycles. The first-order valence-corrected chi connectivity index (χ1v) is 10.5. The van der Waals surface area contributed by atoms with Crippen molar-refractivity contribution in [2.24, 2.45) is 0 Å². The van der Waals surface area contributed by atoms with Gasteiger partial charge in [-0.1, -0.05) is 37.3 Å². The molecule has 166 valence electrons. The zero-order chi connectivity index (χ0) is 23.5. The number of hydrogen-bond donors (Lipinski definition) is 2. The molecule has 0 fully saturated rings. The molecular formula is C26H22FN3O3. The second-order valence-electron chi connectivity index (χ2n) is 7.61. The van der Waals surface area contributed by atoms with Gasteiger partial charge in [-0.15, -0.1) is 0 Å². The van der Waals surface area contributed by atoms with Gasteiger partial charge < -0.3 is 10.6 Å². The zero-order valence-electron chi connectivity index (χ0n) is 18.2. The van der Waals surface area contributed by atoms with Crippen LogP contribution in [0.1, 0.15) is 25.0 Å². The maximum atomic E-state index is 13.7. The lowest BCUT2D eigenvalue weighted by Crippen LogP contribution is -2.32. The van der Waals surface area contributed by atoms with Crippen LogP contribution in [0.5, 0.6) is 0 Å². The predicted octanol–water partition coefficient (Wildman–Crippen LogP) is 4.74. The summed E-state index contributed by atoms with van der Waals surface area (Å²) in [5.74, 6) is -1.71. The number of imide groups is 1. The summed E-state index contributed by atoms with van der Waals surface area (Å²) in [4.78, 5) is 39.3. The van der Waals surface area contributed by atoms with Crippen LogP contribution in [0.3, 0.4) is 0 Å². The zero-order valence-corrected chi connectivity index (χ0v) is 18.2. The molecule has 0 saturated heterocycles. The molecule has 0 radical (unpaired) electrons. The van der Waals surface area contributed by atoms with Gasteiger partial charge in [0.2, 0.25) is 5.91 Å². The first kappa shape index (κ1) is 22.0. The summed E-state index contributed by atoms with van der Waals surface area (Å²) in [5.41, 5.74) is 3.16. The maximum Gasteiger partial charge on any atom is 0.282 e. The normalized spacial score (nSPS) is 13.5. The number of hydrogen-bond acceptors (Lipinski definition) is 4. The number of carbonyl (C=O) groups excluding carboxylic acids is 3. The summed E-state index contributed by atoms with van der Waals surface area (Å²) in [5, 5.41) is 5.61. The Morgan fingerprint density at radius 1 is 0.909 bits per heavy atom. The maximum absolute atomic E-state index is 13.7. The molecule has 3 amide bonds. The number of carbonyl (C=O) groups is 3. The lowest BCUT2D eigenvalue weighted by Gasteiger charge is -2.16. The van der Waals surface area contributed by atoms with E-state index in [0.29, 0.717) is 22.6 Å². The molecule has 1 aliphatic heterocycles. The Morgan fingerprint density at radius 2 is 1.61 bits per heavy atom. The quantitative estimate of drug-likeness (QED) is 0.540. The van der Waals surface area contributed by atoms with Gasteiger partial charge in [-0.05, 0) is 60.0 Å². The Labute approximate surface area is 190 Å². The fraction of sp³-hybridized carbons (Fsp3) is 0.115. The van der Waals surface area contributed by atoms with Crippen molar-refractivity contribution < 1.29 is 18.8 Å². The van der Waals surface area contributed by atoms with Gasteiger partial charge >= 0.3 is 0 Å². The minimum Gasteiger partial charge on any atom is -0.350 e. The van der Waals surface area contributed by atoms with E-state index in [4.69, 9.17) is 0 Å². The largest absolute Gasteiger partial charge is 0.350 e. The van der Waals surface area contributed by atoms with Crippen molar-refractivity contribution in [3.05, 3.63) is 95.4 Å². The molecule has 0 atom stereocenters. The van der Waals surface area contributed by atoms with Crippen LogP contribution in [-0.4, -0.2) is 17.7 Å². The highest BCUT2D eigenvalue weighted by molar-refractivity contribution is 6.46. The van der Waals surface area contributed by atoms with Gasteiger partial charge in [0.05, 0.1) is 11.3 Å². The molecule has 33 heavy (non-hydrogen) atoms. The molecule has 0 unspecified atom stereocenters. The smallest absolute Gasteiger partial charge is 0.282 e. The molecule has 0 spiro atoms. The predicted molar refractivity (Wildman–Crippen MR) is 126 cm³/mol. The standard InChI is InChI=1S/C26H22FN3O3/c1-3-17-7-13-22(14-8-17)30-25(32)23(18-9-11-20(12-10-18)28-16(2)31)24(26(30)33)29-21-6-4-5-19(27)15-21/h4-15,29H,3H2,1-2H3,(H,28,31). The second-order valence-corrected chi connectivity index (χ2v) is 7.61. The summed E-state index contributed by atoms with van der Waals surface area (Å²) in [7, 11) is 0. The summed E-state index contributed by atoms with van der Waals surface area (Å²) >= 11 is 0. The van der Waals surface area contributed by atoms with E-state index in [2.05, 4.69) is 10.6 Å². The highest BCUT2D eigenvalue weighted by Crippen LogP contribution is 2.34. The number of nitrogens with one attached hydrogen (secondary N) is 2. The van der Waals surface area contributed by atoms with Crippen molar-refractivity contribution in [3.63, 3.8) is 0 Å². The van der Waals surface area contributed by atoms with Gasteiger partial charge in [-0.3, -0.25) is 14.4 Å². The van der Waals surface area contributed by atoms with Gasteiger partial charge in [0.25, 0.3) is 11.8 Å². The Bertz CT molecular complexity index is 1260. The SMILES string of the molecule is CCc1ccc(N2C(=O)C(Nc3cccc(F)c3)=C(c3ccc(NC(C)=O)cc3)C2=O)cc1. The minimum atomic E-state index is -0.533. The van der Waals surface area contributed by atoms with Crippen LogP contribution in [-0.2, 0) is 20.8 Å². The van der Waals surface area contributed by atoms with Gasteiger partial charge in [0.1, 0.15) is 11.5 Å². The van der Waals surface area contributed by atoms with E-state index < -0.39 is 17.6 Å². The van der Waals surface area contributed by atoms with Crippen LogP contribution in [0.15, 0.2) is 78.5 Å². The third-order valence-corrected chi connectivity index (χ3v) is 5.27. The molecule has 0 bridgehead atoms.